The molecule has 0 fully saturated rings. The zero-order valence-corrected chi connectivity index (χ0v) is 10.4. The van der Waals surface area contributed by atoms with Gasteiger partial charge in [0.05, 0.1) is 0 Å². The molecule has 0 spiro atoms. The largest absolute Gasteiger partial charge is 0.394 e. The van der Waals surface area contributed by atoms with Crippen molar-refractivity contribution in [3.63, 3.8) is 0 Å². The molecule has 0 aromatic carbocycles. The smallest absolute Gasteiger partial charge is 0.225 e. The Morgan fingerprint density at radius 1 is 1.41 bits per heavy atom. The summed E-state index contributed by atoms with van der Waals surface area (Å²) in [5.41, 5.74) is 12.5. The molecule has 0 radical (unpaired) electrons. The highest BCUT2D eigenvalue weighted by Crippen LogP contribution is 2.20. The first-order valence-corrected chi connectivity index (χ1v) is 5.45. The fourth-order valence-corrected chi connectivity index (χ4v) is 1.28. The number of rotatable bonds is 5. The Labute approximate surface area is 101 Å². The van der Waals surface area contributed by atoms with E-state index in [0.29, 0.717) is 29.0 Å². The first kappa shape index (κ1) is 13.0. The Morgan fingerprint density at radius 2 is 2.12 bits per heavy atom. The third-order valence-electron chi connectivity index (χ3n) is 2.20. The van der Waals surface area contributed by atoms with Gasteiger partial charge in [0.15, 0.2) is 5.82 Å². The van der Waals surface area contributed by atoms with E-state index in [1.807, 2.05) is 0 Å². The van der Waals surface area contributed by atoms with E-state index in [4.69, 9.17) is 11.5 Å². The van der Waals surface area contributed by atoms with Gasteiger partial charge in [0.1, 0.15) is 17.2 Å². The monoisotopic (exact) mass is 237 g/mol. The van der Waals surface area contributed by atoms with Crippen LogP contribution in [0.15, 0.2) is 4.99 Å². The molecular formula is C10H19N7. The van der Waals surface area contributed by atoms with E-state index in [9.17, 15) is 0 Å². The maximum Gasteiger partial charge on any atom is 0.225 e. The average molecular weight is 237 g/mol. The summed E-state index contributed by atoms with van der Waals surface area (Å²) in [5, 5.41) is 5.99. The fourth-order valence-electron chi connectivity index (χ4n) is 1.28. The van der Waals surface area contributed by atoms with Crippen molar-refractivity contribution in [2.75, 3.05) is 37.0 Å². The zero-order chi connectivity index (χ0) is 12.8. The quantitative estimate of drug-likeness (QED) is 0.431. The Bertz CT molecular complexity index is 413. The van der Waals surface area contributed by atoms with Crippen LogP contribution < -0.4 is 22.1 Å². The van der Waals surface area contributed by atoms with Gasteiger partial charge in [0.2, 0.25) is 5.95 Å². The molecule has 0 saturated heterocycles. The third-order valence-corrected chi connectivity index (χ3v) is 2.20. The van der Waals surface area contributed by atoms with Gasteiger partial charge in [-0.2, -0.15) is 4.98 Å². The number of nitrogens with zero attached hydrogens (tertiary/aromatic N) is 3. The first-order chi connectivity index (χ1) is 8.13. The van der Waals surface area contributed by atoms with Crippen LogP contribution in [-0.2, 0) is 0 Å². The summed E-state index contributed by atoms with van der Waals surface area (Å²) in [6.07, 6.45) is 0.981. The highest BCUT2D eigenvalue weighted by molar-refractivity contribution is 6.02. The lowest BCUT2D eigenvalue weighted by molar-refractivity contribution is 0.951. The Balaban J connectivity index is 3.18. The second-order valence-corrected chi connectivity index (χ2v) is 3.44. The summed E-state index contributed by atoms with van der Waals surface area (Å²) in [7, 11) is 3.33. The summed E-state index contributed by atoms with van der Waals surface area (Å²) in [4.78, 5) is 12.4. The lowest BCUT2D eigenvalue weighted by Gasteiger charge is -2.11. The summed E-state index contributed by atoms with van der Waals surface area (Å²) in [6.45, 7) is 2.85. The molecule has 7 heteroatoms. The number of hydrogen-bond acceptors (Lipinski definition) is 6. The van der Waals surface area contributed by atoms with Gasteiger partial charge in [0.25, 0.3) is 0 Å². The molecule has 1 aromatic rings. The summed E-state index contributed by atoms with van der Waals surface area (Å²) >= 11 is 0. The predicted octanol–water partition coefficient (Wildman–Crippen LogP) is 0.258. The minimum absolute atomic E-state index is 0.293. The van der Waals surface area contributed by atoms with Crippen molar-refractivity contribution < 1.29 is 0 Å². The Kier molecular flexibility index (Phi) is 4.50. The van der Waals surface area contributed by atoms with Crippen molar-refractivity contribution >= 4 is 23.3 Å². The van der Waals surface area contributed by atoms with E-state index in [2.05, 4.69) is 32.5 Å². The van der Waals surface area contributed by atoms with Gasteiger partial charge < -0.3 is 22.1 Å². The number of anilines is 3. The van der Waals surface area contributed by atoms with E-state index < -0.39 is 0 Å². The maximum atomic E-state index is 5.89. The molecule has 0 bridgehead atoms. The van der Waals surface area contributed by atoms with Gasteiger partial charge >= 0.3 is 0 Å². The lowest BCUT2D eigenvalue weighted by Crippen LogP contribution is -2.20. The number of nitrogens with one attached hydrogen (secondary N) is 2. The van der Waals surface area contributed by atoms with Crippen LogP contribution in [0, 0.1) is 0 Å². The highest BCUT2D eigenvalue weighted by atomic mass is 15.2. The van der Waals surface area contributed by atoms with Gasteiger partial charge in [0, 0.05) is 20.6 Å². The number of hydrogen-bond donors (Lipinski definition) is 4. The van der Waals surface area contributed by atoms with Crippen LogP contribution in [0.5, 0.6) is 0 Å². The van der Waals surface area contributed by atoms with Gasteiger partial charge in [-0.3, -0.25) is 4.99 Å². The van der Waals surface area contributed by atoms with Crippen LogP contribution in [0.1, 0.15) is 19.0 Å². The summed E-state index contributed by atoms with van der Waals surface area (Å²) in [6, 6.07) is 0. The Morgan fingerprint density at radius 3 is 2.65 bits per heavy atom. The molecular weight excluding hydrogens is 218 g/mol. The van der Waals surface area contributed by atoms with Gasteiger partial charge in [-0.25, -0.2) is 4.98 Å². The molecule has 94 valence electrons. The van der Waals surface area contributed by atoms with Crippen LogP contribution in [0.25, 0.3) is 0 Å². The second-order valence-electron chi connectivity index (χ2n) is 3.44. The Hall–Kier alpha value is -2.05. The molecule has 17 heavy (non-hydrogen) atoms. The standard InChI is InChI=1S/C10H19N7/c1-4-5-15-10-16-7(8(12)13-2)6(11)9(14-3)17-10/h4-5,11H2,1-3H3,(H2,12,13)(H2,14,15,16,17). The molecule has 1 heterocycles. The molecule has 0 saturated carbocycles. The van der Waals surface area contributed by atoms with E-state index in [-0.39, 0.29) is 0 Å². The SMILES string of the molecule is CCCNc1nc(NC)c(N)c(C(N)=NC)n1. The van der Waals surface area contributed by atoms with Gasteiger partial charge in [-0.1, -0.05) is 6.92 Å². The van der Waals surface area contributed by atoms with E-state index in [1.54, 1.807) is 14.1 Å². The summed E-state index contributed by atoms with van der Waals surface area (Å²) in [5.74, 6) is 1.33. The van der Waals surface area contributed by atoms with Crippen LogP contribution >= 0.6 is 0 Å². The summed E-state index contributed by atoms with van der Waals surface area (Å²) < 4.78 is 0. The molecule has 0 aliphatic rings. The lowest BCUT2D eigenvalue weighted by atomic mass is 10.3. The van der Waals surface area contributed by atoms with Crippen LogP contribution in [-0.4, -0.2) is 36.4 Å². The second kappa shape index (κ2) is 5.88. The molecule has 0 aliphatic heterocycles. The van der Waals surface area contributed by atoms with Crippen LogP contribution in [0.3, 0.4) is 0 Å². The fraction of sp³-hybridized carbons (Fsp3) is 0.500. The molecule has 0 aliphatic carbocycles. The third kappa shape index (κ3) is 2.96. The van der Waals surface area contributed by atoms with Crippen LogP contribution in [0.2, 0.25) is 0 Å². The molecule has 6 N–H and O–H groups in total. The van der Waals surface area contributed by atoms with Crippen molar-refractivity contribution in [1.29, 1.82) is 0 Å². The topological polar surface area (TPSA) is 114 Å². The molecule has 0 unspecified atom stereocenters. The van der Waals surface area contributed by atoms with E-state index >= 15 is 0 Å². The average Bonchev–Trinajstić information content (AvgIpc) is 2.36. The van der Waals surface area contributed by atoms with Crippen molar-refractivity contribution in [1.82, 2.24) is 9.97 Å². The van der Waals surface area contributed by atoms with Crippen LogP contribution in [0.4, 0.5) is 17.5 Å². The number of nitrogens with two attached hydrogens (primary N) is 2. The van der Waals surface area contributed by atoms with E-state index in [0.717, 1.165) is 13.0 Å². The molecule has 0 amide bonds. The minimum atomic E-state index is 0.293. The first-order valence-electron chi connectivity index (χ1n) is 5.45. The highest BCUT2D eigenvalue weighted by Gasteiger charge is 2.13. The molecule has 1 rings (SSSR count). The van der Waals surface area contributed by atoms with E-state index in [1.165, 1.54) is 0 Å². The zero-order valence-electron chi connectivity index (χ0n) is 10.4. The van der Waals surface area contributed by atoms with Gasteiger partial charge in [-0.05, 0) is 6.42 Å². The van der Waals surface area contributed by atoms with Crippen molar-refractivity contribution in [3.8, 4) is 0 Å². The molecule has 0 atom stereocenters. The molecule has 1 aromatic heterocycles. The van der Waals surface area contributed by atoms with Crippen molar-refractivity contribution in [2.45, 2.75) is 13.3 Å². The number of aromatic nitrogens is 2. The van der Waals surface area contributed by atoms with Gasteiger partial charge in [-0.15, -0.1) is 0 Å². The minimum Gasteiger partial charge on any atom is -0.394 e. The number of nitrogen functional groups attached to an aromatic ring is 1. The number of aliphatic imine (C=N–C) groups is 1. The maximum absolute atomic E-state index is 5.89. The molecule has 7 nitrogen and oxygen atoms in total. The van der Waals surface area contributed by atoms with Crippen molar-refractivity contribution in [3.05, 3.63) is 5.69 Å². The van der Waals surface area contributed by atoms with Crippen molar-refractivity contribution in [2.24, 2.45) is 10.7 Å². The number of amidine groups is 1. The normalized spacial score (nSPS) is 11.4. The predicted molar refractivity (Wildman–Crippen MR) is 71.4 cm³/mol.